The zero-order valence-electron chi connectivity index (χ0n) is 13.5. The highest BCUT2D eigenvalue weighted by Gasteiger charge is 2.16. The zero-order chi connectivity index (χ0) is 17.4. The molecule has 4 rings (SSSR count). The van der Waals surface area contributed by atoms with Crippen molar-refractivity contribution in [2.45, 2.75) is 13.3 Å². The number of nitrogens with zero attached hydrogens (tertiary/aromatic N) is 1. The number of benzene rings is 2. The second-order valence-corrected chi connectivity index (χ2v) is 7.54. The van der Waals surface area contributed by atoms with E-state index < -0.39 is 0 Å². The largest absolute Gasteiger partial charge is 0.310 e. The zero-order valence-corrected chi connectivity index (χ0v) is 15.1. The Morgan fingerprint density at radius 3 is 2.68 bits per heavy atom. The van der Waals surface area contributed by atoms with E-state index in [1.807, 2.05) is 61.5 Å². The number of thiophene rings is 1. The van der Waals surface area contributed by atoms with Crippen LogP contribution in [0.25, 0.3) is 21.3 Å². The van der Waals surface area contributed by atoms with Crippen molar-refractivity contribution in [3.8, 4) is 11.1 Å². The van der Waals surface area contributed by atoms with E-state index in [2.05, 4.69) is 9.97 Å². The number of rotatable bonds is 3. The molecule has 2 aromatic heterocycles. The minimum absolute atomic E-state index is 0.0924. The molecule has 0 unspecified atom stereocenters. The van der Waals surface area contributed by atoms with Crippen LogP contribution in [0.4, 0.5) is 0 Å². The number of aromatic nitrogens is 2. The predicted octanol–water partition coefficient (Wildman–Crippen LogP) is 5.20. The molecular weight excluding hydrogens is 352 g/mol. The molecule has 3 nitrogen and oxygen atoms in total. The summed E-state index contributed by atoms with van der Waals surface area (Å²) in [5.74, 6) is 0.653. The van der Waals surface area contributed by atoms with Crippen LogP contribution < -0.4 is 5.56 Å². The first-order valence-electron chi connectivity index (χ1n) is 7.94. The van der Waals surface area contributed by atoms with Gasteiger partial charge in [0.15, 0.2) is 0 Å². The van der Waals surface area contributed by atoms with Gasteiger partial charge in [-0.2, -0.15) is 0 Å². The van der Waals surface area contributed by atoms with Gasteiger partial charge in [-0.25, -0.2) is 4.98 Å². The van der Waals surface area contributed by atoms with Gasteiger partial charge in [0, 0.05) is 21.9 Å². The average Bonchev–Trinajstić information content (AvgIpc) is 2.92. The maximum Gasteiger partial charge on any atom is 0.260 e. The topological polar surface area (TPSA) is 45.8 Å². The second kappa shape index (κ2) is 6.47. The fraction of sp³-hybridized carbons (Fsp3) is 0.100. The van der Waals surface area contributed by atoms with E-state index in [1.54, 1.807) is 11.3 Å². The van der Waals surface area contributed by atoms with Crippen LogP contribution in [0, 0.1) is 6.92 Å². The van der Waals surface area contributed by atoms with Gasteiger partial charge in [0.2, 0.25) is 0 Å². The van der Waals surface area contributed by atoms with E-state index in [0.29, 0.717) is 22.7 Å². The number of hydrogen-bond donors (Lipinski definition) is 1. The lowest BCUT2D eigenvalue weighted by Crippen LogP contribution is -2.11. The lowest BCUT2D eigenvalue weighted by atomic mass is 10.0. The number of aryl methyl sites for hydroxylation is 1. The number of halogens is 1. The standard InChI is InChI=1S/C20H15ClN2OS/c1-12-17(14-7-3-2-4-8-14)18-19(24)22-16(23-20(18)25-12)11-13-6-5-9-15(21)10-13/h2-10H,11H2,1H3,(H,22,23,24). The van der Waals surface area contributed by atoms with Crippen LogP contribution in [-0.4, -0.2) is 9.97 Å². The van der Waals surface area contributed by atoms with Crippen molar-refractivity contribution >= 4 is 33.2 Å². The van der Waals surface area contributed by atoms with E-state index >= 15 is 0 Å². The minimum Gasteiger partial charge on any atom is -0.310 e. The van der Waals surface area contributed by atoms with Crippen molar-refractivity contribution in [3.05, 3.63) is 86.2 Å². The third kappa shape index (κ3) is 3.11. The van der Waals surface area contributed by atoms with Crippen LogP contribution in [0.2, 0.25) is 5.02 Å². The molecule has 0 bridgehead atoms. The Balaban J connectivity index is 1.83. The maximum absolute atomic E-state index is 12.7. The molecule has 124 valence electrons. The Kier molecular flexibility index (Phi) is 4.15. The summed E-state index contributed by atoms with van der Waals surface area (Å²) in [4.78, 5) is 22.2. The summed E-state index contributed by atoms with van der Waals surface area (Å²) in [5.41, 5.74) is 2.95. The number of nitrogens with one attached hydrogen (secondary N) is 1. The van der Waals surface area contributed by atoms with E-state index in [0.717, 1.165) is 26.4 Å². The van der Waals surface area contributed by atoms with E-state index in [4.69, 9.17) is 11.6 Å². The SMILES string of the molecule is Cc1sc2nc(Cc3cccc(Cl)c3)[nH]c(=O)c2c1-c1ccccc1. The molecule has 2 heterocycles. The molecule has 0 fully saturated rings. The van der Waals surface area contributed by atoms with Gasteiger partial charge in [0.25, 0.3) is 5.56 Å². The van der Waals surface area contributed by atoms with E-state index in [1.165, 1.54) is 0 Å². The fourth-order valence-corrected chi connectivity index (χ4v) is 4.32. The lowest BCUT2D eigenvalue weighted by Gasteiger charge is -2.04. The highest BCUT2D eigenvalue weighted by molar-refractivity contribution is 7.19. The van der Waals surface area contributed by atoms with Crippen LogP contribution >= 0.6 is 22.9 Å². The van der Waals surface area contributed by atoms with Crippen molar-refractivity contribution in [3.63, 3.8) is 0 Å². The van der Waals surface area contributed by atoms with Crippen molar-refractivity contribution < 1.29 is 0 Å². The molecule has 1 N–H and O–H groups in total. The van der Waals surface area contributed by atoms with Crippen LogP contribution in [0.15, 0.2) is 59.4 Å². The number of H-pyrrole nitrogens is 1. The first-order chi connectivity index (χ1) is 12.1. The Hall–Kier alpha value is -2.43. The highest BCUT2D eigenvalue weighted by atomic mass is 35.5. The first-order valence-corrected chi connectivity index (χ1v) is 9.13. The summed E-state index contributed by atoms with van der Waals surface area (Å²) < 4.78 is 0. The Morgan fingerprint density at radius 2 is 1.92 bits per heavy atom. The van der Waals surface area contributed by atoms with Crippen molar-refractivity contribution in [1.82, 2.24) is 9.97 Å². The molecule has 0 aliphatic heterocycles. The van der Waals surface area contributed by atoms with Gasteiger partial charge in [-0.15, -0.1) is 11.3 Å². The molecule has 2 aromatic carbocycles. The molecule has 0 aliphatic rings. The summed E-state index contributed by atoms with van der Waals surface area (Å²) in [6.07, 6.45) is 0.545. The van der Waals surface area contributed by atoms with Crippen LogP contribution in [-0.2, 0) is 6.42 Å². The van der Waals surface area contributed by atoms with Gasteiger partial charge in [-0.05, 0) is 30.2 Å². The third-order valence-corrected chi connectivity index (χ3v) is 5.34. The van der Waals surface area contributed by atoms with Gasteiger partial charge in [-0.3, -0.25) is 4.79 Å². The van der Waals surface area contributed by atoms with E-state index in [9.17, 15) is 4.79 Å². The van der Waals surface area contributed by atoms with Crippen LogP contribution in [0.3, 0.4) is 0 Å². The summed E-state index contributed by atoms with van der Waals surface area (Å²) in [7, 11) is 0. The number of fused-ring (bicyclic) bond motifs is 1. The Morgan fingerprint density at radius 1 is 1.12 bits per heavy atom. The summed E-state index contributed by atoms with van der Waals surface area (Å²) in [6, 6.07) is 17.6. The minimum atomic E-state index is -0.0924. The van der Waals surface area contributed by atoms with Crippen molar-refractivity contribution in [2.75, 3.05) is 0 Å². The Bertz CT molecular complexity index is 1120. The van der Waals surface area contributed by atoms with Gasteiger partial charge in [0.05, 0.1) is 5.39 Å². The molecule has 0 saturated carbocycles. The van der Waals surface area contributed by atoms with Gasteiger partial charge in [-0.1, -0.05) is 54.1 Å². The highest BCUT2D eigenvalue weighted by Crippen LogP contribution is 2.35. The Labute approximate surface area is 154 Å². The van der Waals surface area contributed by atoms with Crippen molar-refractivity contribution in [1.29, 1.82) is 0 Å². The molecule has 0 atom stereocenters. The normalized spacial score (nSPS) is 11.1. The molecule has 0 aliphatic carbocycles. The molecule has 4 aromatic rings. The molecule has 25 heavy (non-hydrogen) atoms. The average molecular weight is 367 g/mol. The summed E-state index contributed by atoms with van der Waals surface area (Å²) in [6.45, 7) is 2.03. The molecule has 0 spiro atoms. The monoisotopic (exact) mass is 366 g/mol. The first kappa shape index (κ1) is 16.1. The van der Waals surface area contributed by atoms with Crippen LogP contribution in [0.5, 0.6) is 0 Å². The van der Waals surface area contributed by atoms with Crippen LogP contribution in [0.1, 0.15) is 16.3 Å². The van der Waals surface area contributed by atoms with Gasteiger partial charge >= 0.3 is 0 Å². The van der Waals surface area contributed by atoms with E-state index in [-0.39, 0.29) is 5.56 Å². The third-order valence-electron chi connectivity index (χ3n) is 4.11. The molecule has 0 saturated heterocycles. The fourth-order valence-electron chi connectivity index (χ4n) is 3.04. The molecule has 5 heteroatoms. The molecule has 0 amide bonds. The number of hydrogen-bond acceptors (Lipinski definition) is 3. The van der Waals surface area contributed by atoms with Crippen molar-refractivity contribution in [2.24, 2.45) is 0 Å². The molecule has 0 radical (unpaired) electrons. The van der Waals surface area contributed by atoms with Gasteiger partial charge < -0.3 is 4.98 Å². The predicted molar refractivity (Wildman–Crippen MR) is 105 cm³/mol. The summed E-state index contributed by atoms with van der Waals surface area (Å²) >= 11 is 7.60. The number of aromatic amines is 1. The quantitative estimate of drug-likeness (QED) is 0.541. The second-order valence-electron chi connectivity index (χ2n) is 5.90. The summed E-state index contributed by atoms with van der Waals surface area (Å²) in [5, 5.41) is 1.35. The molecular formula is C20H15ClN2OS. The maximum atomic E-state index is 12.7. The van der Waals surface area contributed by atoms with Gasteiger partial charge in [0.1, 0.15) is 10.7 Å². The smallest absolute Gasteiger partial charge is 0.260 e. The lowest BCUT2D eigenvalue weighted by molar-refractivity contribution is 0.977.